The summed E-state index contributed by atoms with van der Waals surface area (Å²) in [5.41, 5.74) is 1.92. The van der Waals surface area contributed by atoms with Crippen LogP contribution < -0.4 is 10.1 Å². The number of sulfonamides is 1. The van der Waals surface area contributed by atoms with Gasteiger partial charge in [0.2, 0.25) is 10.0 Å². The van der Waals surface area contributed by atoms with E-state index in [9.17, 15) is 13.2 Å². The summed E-state index contributed by atoms with van der Waals surface area (Å²) in [5, 5.41) is 2.81. The van der Waals surface area contributed by atoms with Crippen molar-refractivity contribution in [2.75, 3.05) is 25.0 Å². The Morgan fingerprint density at radius 1 is 1.14 bits per heavy atom. The summed E-state index contributed by atoms with van der Waals surface area (Å²) in [6.45, 7) is 3.38. The molecule has 1 fully saturated rings. The quantitative estimate of drug-likeness (QED) is 0.834. The molecule has 2 aromatic carbocycles. The zero-order chi connectivity index (χ0) is 20.4. The average molecular weight is 413 g/mol. The second-order valence-corrected chi connectivity index (χ2v) is 9.52. The monoisotopic (exact) mass is 412 g/mol. The molecule has 2 heterocycles. The molecule has 0 aromatic heterocycles. The molecule has 0 aliphatic carbocycles. The Labute approximate surface area is 171 Å². The van der Waals surface area contributed by atoms with Gasteiger partial charge >= 0.3 is 0 Å². The fraction of sp³-hybridized carbons (Fsp3) is 0.318. The molecule has 152 valence electrons. The Morgan fingerprint density at radius 2 is 1.90 bits per heavy atom. The van der Waals surface area contributed by atoms with E-state index in [1.807, 2.05) is 30.3 Å². The van der Waals surface area contributed by atoms with E-state index in [0.29, 0.717) is 30.3 Å². The van der Waals surface area contributed by atoms with Crippen LogP contribution in [0.1, 0.15) is 25.3 Å². The minimum Gasteiger partial charge on any atom is -0.488 e. The molecule has 0 bridgehead atoms. The molecule has 1 atom stereocenters. The molecular formula is C22H24N2O4S. The van der Waals surface area contributed by atoms with Gasteiger partial charge in [0.15, 0.2) is 0 Å². The molecular weight excluding hydrogens is 388 g/mol. The maximum atomic E-state index is 12.8. The van der Waals surface area contributed by atoms with Gasteiger partial charge in [0.25, 0.3) is 5.91 Å². The van der Waals surface area contributed by atoms with Crippen molar-refractivity contribution in [2.45, 2.75) is 24.7 Å². The number of anilines is 1. The van der Waals surface area contributed by atoms with Crippen LogP contribution in [-0.2, 0) is 14.8 Å². The Hall–Kier alpha value is -2.64. The van der Waals surface area contributed by atoms with Gasteiger partial charge in [-0.05, 0) is 55.2 Å². The van der Waals surface area contributed by atoms with Gasteiger partial charge in [-0.2, -0.15) is 4.31 Å². The molecule has 7 heteroatoms. The van der Waals surface area contributed by atoms with Crippen LogP contribution in [0.4, 0.5) is 5.69 Å². The van der Waals surface area contributed by atoms with Crippen LogP contribution >= 0.6 is 0 Å². The molecule has 2 aliphatic rings. The number of hydrogen-bond acceptors (Lipinski definition) is 4. The number of piperidine rings is 1. The molecule has 2 aliphatic heterocycles. The Bertz CT molecular complexity index is 1040. The van der Waals surface area contributed by atoms with Crippen molar-refractivity contribution in [3.05, 3.63) is 59.7 Å². The van der Waals surface area contributed by atoms with Gasteiger partial charge in [0, 0.05) is 24.3 Å². The number of carbonyl (C=O) groups excluding carboxylic acids is 1. The maximum absolute atomic E-state index is 12.8. The van der Waals surface area contributed by atoms with Gasteiger partial charge in [-0.25, -0.2) is 8.42 Å². The van der Waals surface area contributed by atoms with Gasteiger partial charge in [0.1, 0.15) is 12.4 Å². The fourth-order valence-corrected chi connectivity index (χ4v) is 5.28. The number of fused-ring (bicyclic) bond motifs is 1. The summed E-state index contributed by atoms with van der Waals surface area (Å²) in [7, 11) is -3.50. The molecule has 0 spiro atoms. The van der Waals surface area contributed by atoms with Crippen molar-refractivity contribution >= 4 is 27.7 Å². The van der Waals surface area contributed by atoms with Crippen LogP contribution in [0.3, 0.4) is 0 Å². The zero-order valence-corrected chi connectivity index (χ0v) is 17.1. The molecule has 0 saturated carbocycles. The zero-order valence-electron chi connectivity index (χ0n) is 16.3. The highest BCUT2D eigenvalue weighted by Crippen LogP contribution is 2.27. The van der Waals surface area contributed by atoms with Gasteiger partial charge in [0.05, 0.1) is 10.5 Å². The van der Waals surface area contributed by atoms with E-state index >= 15 is 0 Å². The van der Waals surface area contributed by atoms with Crippen molar-refractivity contribution in [2.24, 2.45) is 5.92 Å². The standard InChI is InChI=1S/C22H24N2O4S/c1-16-5-4-12-24(14-16)29(26,27)20-10-8-19(9-11-20)23-22(25)18-13-17-6-2-3-7-21(17)28-15-18/h2-3,6-11,13,16H,4-5,12,14-15H2,1H3,(H,23,25). The summed E-state index contributed by atoms with van der Waals surface area (Å²) >= 11 is 0. The molecule has 1 amide bonds. The lowest BCUT2D eigenvalue weighted by Crippen LogP contribution is -2.39. The van der Waals surface area contributed by atoms with E-state index in [4.69, 9.17) is 4.74 Å². The van der Waals surface area contributed by atoms with Crippen molar-refractivity contribution in [1.82, 2.24) is 4.31 Å². The molecule has 6 nitrogen and oxygen atoms in total. The second kappa shape index (κ2) is 8.00. The molecule has 1 unspecified atom stereocenters. The number of amides is 1. The predicted octanol–water partition coefficient (Wildman–Crippen LogP) is 3.52. The number of hydrogen-bond donors (Lipinski definition) is 1. The number of nitrogens with zero attached hydrogens (tertiary/aromatic N) is 1. The van der Waals surface area contributed by atoms with Gasteiger partial charge < -0.3 is 10.1 Å². The molecule has 2 aromatic rings. The van der Waals surface area contributed by atoms with Gasteiger partial charge in [-0.3, -0.25) is 4.79 Å². The third-order valence-electron chi connectivity index (χ3n) is 5.29. The lowest BCUT2D eigenvalue weighted by molar-refractivity contribution is -0.113. The third kappa shape index (κ3) is 4.21. The highest BCUT2D eigenvalue weighted by molar-refractivity contribution is 7.89. The third-order valence-corrected chi connectivity index (χ3v) is 7.17. The number of ether oxygens (including phenoxy) is 1. The van der Waals surface area contributed by atoms with Crippen molar-refractivity contribution in [3.8, 4) is 5.75 Å². The van der Waals surface area contributed by atoms with Crippen LogP contribution in [0.2, 0.25) is 0 Å². The number of carbonyl (C=O) groups is 1. The van der Waals surface area contributed by atoms with E-state index < -0.39 is 10.0 Å². The number of benzene rings is 2. The lowest BCUT2D eigenvalue weighted by atomic mass is 10.0. The normalized spacial score (nSPS) is 19.6. The average Bonchev–Trinajstić information content (AvgIpc) is 2.74. The van der Waals surface area contributed by atoms with E-state index in [0.717, 1.165) is 24.2 Å². The highest BCUT2D eigenvalue weighted by atomic mass is 32.2. The summed E-state index contributed by atoms with van der Waals surface area (Å²) in [5.74, 6) is 0.860. The first-order chi connectivity index (χ1) is 13.9. The molecule has 4 rings (SSSR count). The topological polar surface area (TPSA) is 75.7 Å². The first-order valence-corrected chi connectivity index (χ1v) is 11.2. The summed E-state index contributed by atoms with van der Waals surface area (Å²) in [6.07, 6.45) is 3.75. The summed E-state index contributed by atoms with van der Waals surface area (Å²) in [4.78, 5) is 12.8. The first-order valence-electron chi connectivity index (χ1n) is 9.77. The van der Waals surface area contributed by atoms with Crippen LogP contribution in [0.15, 0.2) is 59.0 Å². The molecule has 29 heavy (non-hydrogen) atoms. The predicted molar refractivity (Wildman–Crippen MR) is 112 cm³/mol. The Balaban J connectivity index is 1.46. The van der Waals surface area contributed by atoms with Gasteiger partial charge in [-0.1, -0.05) is 25.1 Å². The second-order valence-electron chi connectivity index (χ2n) is 7.59. The molecule has 1 saturated heterocycles. The van der Waals surface area contributed by atoms with E-state index in [1.54, 1.807) is 28.6 Å². The summed E-state index contributed by atoms with van der Waals surface area (Å²) in [6, 6.07) is 13.9. The molecule has 0 radical (unpaired) electrons. The van der Waals surface area contributed by atoms with Crippen LogP contribution in [0, 0.1) is 5.92 Å². The minimum atomic E-state index is -3.50. The fourth-order valence-electron chi connectivity index (χ4n) is 3.68. The first kappa shape index (κ1) is 19.7. The van der Waals surface area contributed by atoms with E-state index in [-0.39, 0.29) is 17.4 Å². The van der Waals surface area contributed by atoms with E-state index in [2.05, 4.69) is 12.2 Å². The lowest BCUT2D eigenvalue weighted by Gasteiger charge is -2.30. The Kier molecular flexibility index (Phi) is 5.43. The summed E-state index contributed by atoms with van der Waals surface area (Å²) < 4.78 is 32.9. The number of nitrogens with one attached hydrogen (secondary N) is 1. The number of rotatable bonds is 4. The highest BCUT2D eigenvalue weighted by Gasteiger charge is 2.28. The van der Waals surface area contributed by atoms with Crippen molar-refractivity contribution in [1.29, 1.82) is 0 Å². The minimum absolute atomic E-state index is 0.197. The Morgan fingerprint density at radius 3 is 2.66 bits per heavy atom. The van der Waals surface area contributed by atoms with Gasteiger partial charge in [-0.15, -0.1) is 0 Å². The maximum Gasteiger partial charge on any atom is 0.255 e. The largest absolute Gasteiger partial charge is 0.488 e. The van der Waals surface area contributed by atoms with E-state index in [1.165, 1.54) is 0 Å². The molecule has 1 N–H and O–H groups in total. The van der Waals surface area contributed by atoms with Crippen LogP contribution in [0.25, 0.3) is 6.08 Å². The SMILES string of the molecule is CC1CCCN(S(=O)(=O)c2ccc(NC(=O)C3=Cc4ccccc4OC3)cc2)C1. The number of para-hydroxylation sites is 1. The van der Waals surface area contributed by atoms with Crippen molar-refractivity contribution in [3.63, 3.8) is 0 Å². The van der Waals surface area contributed by atoms with Crippen molar-refractivity contribution < 1.29 is 17.9 Å². The van der Waals surface area contributed by atoms with Crippen LogP contribution in [-0.4, -0.2) is 38.3 Å². The smallest absolute Gasteiger partial charge is 0.255 e. The van der Waals surface area contributed by atoms with Crippen LogP contribution in [0.5, 0.6) is 5.75 Å².